The van der Waals surface area contributed by atoms with E-state index in [1.54, 1.807) is 11.9 Å². The zero-order chi connectivity index (χ0) is 14.0. The monoisotopic (exact) mass is 322 g/mol. The summed E-state index contributed by atoms with van der Waals surface area (Å²) in [6.07, 6.45) is 1.43. The molecule has 0 saturated heterocycles. The minimum absolute atomic E-state index is 0.0236. The molecular weight excluding hydrogens is 308 g/mol. The number of carbonyl (C=O) groups excluding carboxylic acids is 1. The summed E-state index contributed by atoms with van der Waals surface area (Å²) < 4.78 is 1.01. The first-order chi connectivity index (χ1) is 8.99. The Morgan fingerprint density at radius 3 is 2.74 bits per heavy atom. The van der Waals surface area contributed by atoms with Crippen LogP contribution < -0.4 is 0 Å². The maximum absolute atomic E-state index is 12.4. The van der Waals surface area contributed by atoms with Gasteiger partial charge in [0.1, 0.15) is 12.2 Å². The van der Waals surface area contributed by atoms with Gasteiger partial charge in [0.15, 0.2) is 0 Å². The number of aryl methyl sites for hydroxylation is 2. The summed E-state index contributed by atoms with van der Waals surface area (Å²) in [5, 5.41) is 6.52. The summed E-state index contributed by atoms with van der Waals surface area (Å²) in [5.74, 6) is 0.645. The van der Waals surface area contributed by atoms with Crippen molar-refractivity contribution in [2.24, 2.45) is 0 Å². The van der Waals surface area contributed by atoms with Gasteiger partial charge in [0, 0.05) is 17.1 Å². The van der Waals surface area contributed by atoms with Crippen LogP contribution >= 0.6 is 15.9 Å². The van der Waals surface area contributed by atoms with Crippen molar-refractivity contribution < 1.29 is 4.79 Å². The fraction of sp³-hybridized carbons (Fsp3) is 0.308. The predicted molar refractivity (Wildman–Crippen MR) is 75.8 cm³/mol. The number of hydrogen-bond donors (Lipinski definition) is 1. The minimum Gasteiger partial charge on any atom is -0.334 e. The lowest BCUT2D eigenvalue weighted by Crippen LogP contribution is -2.27. The van der Waals surface area contributed by atoms with Crippen molar-refractivity contribution in [3.8, 4) is 0 Å². The van der Waals surface area contributed by atoms with Crippen LogP contribution in [0.5, 0.6) is 0 Å². The van der Waals surface area contributed by atoms with E-state index in [2.05, 4.69) is 31.1 Å². The van der Waals surface area contributed by atoms with E-state index in [0.29, 0.717) is 17.9 Å². The van der Waals surface area contributed by atoms with Crippen LogP contribution in [-0.2, 0) is 6.54 Å². The van der Waals surface area contributed by atoms with Gasteiger partial charge in [-0.1, -0.05) is 15.9 Å². The number of benzene rings is 1. The summed E-state index contributed by atoms with van der Waals surface area (Å²) in [7, 11) is 1.75. The summed E-state index contributed by atoms with van der Waals surface area (Å²) in [6.45, 7) is 4.31. The number of amides is 1. The van der Waals surface area contributed by atoms with Crippen LogP contribution in [0.1, 0.15) is 27.3 Å². The molecule has 6 heteroatoms. The number of aromatic nitrogens is 3. The van der Waals surface area contributed by atoms with Gasteiger partial charge in [0.2, 0.25) is 0 Å². The topological polar surface area (TPSA) is 61.9 Å². The molecule has 2 rings (SSSR count). The predicted octanol–water partition coefficient (Wildman–Crippen LogP) is 2.46. The van der Waals surface area contributed by atoms with Gasteiger partial charge in [-0.15, -0.1) is 0 Å². The van der Waals surface area contributed by atoms with Gasteiger partial charge in [-0.25, -0.2) is 4.98 Å². The first kappa shape index (κ1) is 13.7. The summed E-state index contributed by atoms with van der Waals surface area (Å²) >= 11 is 3.47. The third kappa shape index (κ3) is 3.01. The number of rotatable bonds is 3. The van der Waals surface area contributed by atoms with Gasteiger partial charge in [-0.05, 0) is 37.1 Å². The SMILES string of the molecule is Cc1cc(C(=O)N(C)Cc2ncn[nH]2)c(C)cc1Br. The molecule has 0 spiro atoms. The number of nitrogens with one attached hydrogen (secondary N) is 1. The Labute approximate surface area is 120 Å². The van der Waals surface area contributed by atoms with Crippen LogP contribution in [0.3, 0.4) is 0 Å². The second kappa shape index (κ2) is 5.52. The average Bonchev–Trinajstić information content (AvgIpc) is 2.85. The molecule has 5 nitrogen and oxygen atoms in total. The fourth-order valence-electron chi connectivity index (χ4n) is 1.82. The highest BCUT2D eigenvalue weighted by molar-refractivity contribution is 9.10. The van der Waals surface area contributed by atoms with Crippen LogP contribution in [0.2, 0.25) is 0 Å². The molecule has 0 radical (unpaired) electrons. The largest absolute Gasteiger partial charge is 0.334 e. The molecule has 1 N–H and O–H groups in total. The average molecular weight is 323 g/mol. The van der Waals surface area contributed by atoms with E-state index >= 15 is 0 Å². The van der Waals surface area contributed by atoms with E-state index in [-0.39, 0.29) is 5.91 Å². The third-order valence-corrected chi connectivity index (χ3v) is 3.79. The van der Waals surface area contributed by atoms with E-state index in [0.717, 1.165) is 15.6 Å². The summed E-state index contributed by atoms with van der Waals surface area (Å²) in [5.41, 5.74) is 2.71. The first-order valence-electron chi connectivity index (χ1n) is 5.85. The second-order valence-electron chi connectivity index (χ2n) is 4.51. The number of aromatic amines is 1. The normalized spacial score (nSPS) is 10.5. The molecule has 0 aliphatic rings. The van der Waals surface area contributed by atoms with E-state index < -0.39 is 0 Å². The van der Waals surface area contributed by atoms with E-state index in [4.69, 9.17) is 0 Å². The zero-order valence-corrected chi connectivity index (χ0v) is 12.7. The fourth-order valence-corrected chi connectivity index (χ4v) is 2.28. The highest BCUT2D eigenvalue weighted by Crippen LogP contribution is 2.22. The standard InChI is InChI=1S/C13H15BrN4O/c1-8-5-11(14)9(2)4-10(8)13(19)18(3)6-12-15-7-16-17-12/h4-5,7H,6H2,1-3H3,(H,15,16,17). The Balaban J connectivity index is 2.21. The van der Waals surface area contributed by atoms with Gasteiger partial charge in [0.25, 0.3) is 5.91 Å². The maximum Gasteiger partial charge on any atom is 0.254 e. The van der Waals surface area contributed by atoms with Gasteiger partial charge in [-0.2, -0.15) is 5.10 Å². The van der Waals surface area contributed by atoms with Crippen LogP contribution in [0, 0.1) is 13.8 Å². The number of H-pyrrole nitrogens is 1. The van der Waals surface area contributed by atoms with Crippen molar-refractivity contribution in [3.05, 3.63) is 45.4 Å². The van der Waals surface area contributed by atoms with Crippen LogP contribution in [0.4, 0.5) is 0 Å². The lowest BCUT2D eigenvalue weighted by molar-refractivity contribution is 0.0781. The van der Waals surface area contributed by atoms with Crippen molar-refractivity contribution in [3.63, 3.8) is 0 Å². The molecule has 100 valence electrons. The Morgan fingerprint density at radius 1 is 1.37 bits per heavy atom. The molecule has 0 unspecified atom stereocenters. The van der Waals surface area contributed by atoms with Crippen LogP contribution in [0.15, 0.2) is 22.9 Å². The first-order valence-corrected chi connectivity index (χ1v) is 6.65. The molecule has 0 aliphatic heterocycles. The summed E-state index contributed by atoms with van der Waals surface area (Å²) in [6, 6.07) is 3.86. The number of halogens is 1. The van der Waals surface area contributed by atoms with Crippen LogP contribution in [0.25, 0.3) is 0 Å². The smallest absolute Gasteiger partial charge is 0.254 e. The van der Waals surface area contributed by atoms with Crippen molar-refractivity contribution in [1.29, 1.82) is 0 Å². The van der Waals surface area contributed by atoms with E-state index in [1.165, 1.54) is 6.33 Å². The van der Waals surface area contributed by atoms with Gasteiger partial charge in [0.05, 0.1) is 6.54 Å². The molecule has 0 atom stereocenters. The van der Waals surface area contributed by atoms with E-state index in [9.17, 15) is 4.79 Å². The van der Waals surface area contributed by atoms with Crippen molar-refractivity contribution in [2.75, 3.05) is 7.05 Å². The highest BCUT2D eigenvalue weighted by Gasteiger charge is 2.16. The Hall–Kier alpha value is -1.69. The quantitative estimate of drug-likeness (QED) is 0.944. The molecular formula is C13H15BrN4O. The van der Waals surface area contributed by atoms with Crippen molar-refractivity contribution >= 4 is 21.8 Å². The highest BCUT2D eigenvalue weighted by atomic mass is 79.9. The number of nitrogens with zero attached hydrogens (tertiary/aromatic N) is 3. The molecule has 1 amide bonds. The van der Waals surface area contributed by atoms with Crippen LogP contribution in [-0.4, -0.2) is 33.0 Å². The molecule has 0 saturated carbocycles. The third-order valence-electron chi connectivity index (χ3n) is 2.93. The molecule has 2 aromatic rings. The lowest BCUT2D eigenvalue weighted by atomic mass is 10.0. The molecule has 0 fully saturated rings. The Kier molecular flexibility index (Phi) is 3.99. The minimum atomic E-state index is -0.0236. The maximum atomic E-state index is 12.4. The van der Waals surface area contributed by atoms with Gasteiger partial charge in [-0.3, -0.25) is 9.89 Å². The second-order valence-corrected chi connectivity index (χ2v) is 5.36. The molecule has 1 heterocycles. The van der Waals surface area contributed by atoms with Crippen molar-refractivity contribution in [1.82, 2.24) is 20.1 Å². The molecule has 19 heavy (non-hydrogen) atoms. The van der Waals surface area contributed by atoms with Gasteiger partial charge < -0.3 is 4.90 Å². The Bertz CT molecular complexity index is 595. The molecule has 0 bridgehead atoms. The molecule has 1 aromatic carbocycles. The molecule has 1 aromatic heterocycles. The number of hydrogen-bond acceptors (Lipinski definition) is 3. The summed E-state index contributed by atoms with van der Waals surface area (Å²) in [4.78, 5) is 18.0. The lowest BCUT2D eigenvalue weighted by Gasteiger charge is -2.17. The molecule has 0 aliphatic carbocycles. The zero-order valence-electron chi connectivity index (χ0n) is 11.1. The number of carbonyl (C=O) groups is 1. The Morgan fingerprint density at radius 2 is 2.11 bits per heavy atom. The van der Waals surface area contributed by atoms with Crippen molar-refractivity contribution in [2.45, 2.75) is 20.4 Å². The van der Waals surface area contributed by atoms with Gasteiger partial charge >= 0.3 is 0 Å². The van der Waals surface area contributed by atoms with E-state index in [1.807, 2.05) is 26.0 Å².